The molecule has 0 unspecified atom stereocenters. The monoisotopic (exact) mass is 353 g/mol. The van der Waals surface area contributed by atoms with Gasteiger partial charge in [-0.15, -0.1) is 0 Å². The number of hydrogen-bond donors (Lipinski definition) is 1. The number of alkyl halides is 3. The molecule has 1 atom stereocenters. The number of benzene rings is 1. The summed E-state index contributed by atoms with van der Waals surface area (Å²) in [5.41, 5.74) is -0.360. The third kappa shape index (κ3) is 5.00. The van der Waals surface area contributed by atoms with E-state index in [4.69, 9.17) is 0 Å². The zero-order valence-corrected chi connectivity index (χ0v) is 13.1. The third-order valence-electron chi connectivity index (χ3n) is 3.31. The van der Waals surface area contributed by atoms with Gasteiger partial charge in [-0.3, -0.25) is 9.78 Å². The van der Waals surface area contributed by atoms with Crippen LogP contribution in [-0.2, 0) is 22.1 Å². The van der Waals surface area contributed by atoms with Gasteiger partial charge in [0.25, 0.3) is 5.91 Å². The summed E-state index contributed by atoms with van der Waals surface area (Å²) in [6.45, 7) is 0. The zero-order chi connectivity index (χ0) is 18.4. The molecule has 1 aromatic heterocycles. The molecule has 0 bridgehead atoms. The van der Waals surface area contributed by atoms with Crippen LogP contribution < -0.4 is 5.32 Å². The molecule has 9 heteroatoms. The summed E-state index contributed by atoms with van der Waals surface area (Å²) >= 11 is 0. The molecule has 25 heavy (non-hydrogen) atoms. The van der Waals surface area contributed by atoms with Crippen LogP contribution in [0.2, 0.25) is 0 Å². The van der Waals surface area contributed by atoms with E-state index >= 15 is 0 Å². The molecule has 132 valence electrons. The van der Waals surface area contributed by atoms with Crippen LogP contribution in [0.4, 0.5) is 13.2 Å². The van der Waals surface area contributed by atoms with Gasteiger partial charge in [0, 0.05) is 18.8 Å². The van der Waals surface area contributed by atoms with E-state index in [0.29, 0.717) is 5.56 Å². The van der Waals surface area contributed by atoms with Crippen molar-refractivity contribution >= 4 is 11.9 Å². The molecule has 0 spiro atoms. The average Bonchev–Trinajstić information content (AvgIpc) is 2.60. The lowest BCUT2D eigenvalue weighted by Gasteiger charge is -2.16. The number of amides is 1. The van der Waals surface area contributed by atoms with E-state index < -0.39 is 29.7 Å². The fraction of sp³-hybridized carbons (Fsp3) is 0.250. The molecule has 0 fully saturated rings. The molecule has 2 aromatic rings. The zero-order valence-electron chi connectivity index (χ0n) is 13.1. The van der Waals surface area contributed by atoms with E-state index in [-0.39, 0.29) is 12.1 Å². The van der Waals surface area contributed by atoms with Gasteiger partial charge in [0.15, 0.2) is 0 Å². The molecule has 0 radical (unpaired) electrons. The van der Waals surface area contributed by atoms with Crippen LogP contribution in [0.25, 0.3) is 0 Å². The Labute approximate surface area is 141 Å². The number of nitrogens with zero attached hydrogens (tertiary/aromatic N) is 2. The summed E-state index contributed by atoms with van der Waals surface area (Å²) in [6.07, 6.45) is -0.548. The van der Waals surface area contributed by atoms with Gasteiger partial charge in [-0.25, -0.2) is 9.78 Å². The van der Waals surface area contributed by atoms with Crippen LogP contribution in [0.1, 0.15) is 21.6 Å². The first-order valence-electron chi connectivity index (χ1n) is 7.12. The molecular weight excluding hydrogens is 339 g/mol. The van der Waals surface area contributed by atoms with Gasteiger partial charge in [-0.2, -0.15) is 13.2 Å². The van der Waals surface area contributed by atoms with E-state index in [0.717, 1.165) is 19.2 Å². The number of methoxy groups -OCH3 is 1. The topological polar surface area (TPSA) is 81.2 Å². The number of carbonyl (C=O) groups is 2. The standard InChI is InChI=1S/C16H14F3N3O3/c1-25-15(24)12(22-14(23)13-9-20-6-7-21-13)8-10-2-4-11(5-3-10)16(17,18)19/h2-7,9,12H,8H2,1H3,(H,22,23)/t12-/m0/s1. The Morgan fingerprint density at radius 2 is 1.88 bits per heavy atom. The lowest BCUT2D eigenvalue weighted by Crippen LogP contribution is -2.43. The molecule has 2 rings (SSSR count). The number of esters is 1. The minimum absolute atomic E-state index is 0.00354. The minimum Gasteiger partial charge on any atom is -0.467 e. The number of carbonyl (C=O) groups excluding carboxylic acids is 2. The summed E-state index contributed by atoms with van der Waals surface area (Å²) in [6, 6.07) is 3.24. The van der Waals surface area contributed by atoms with Crippen LogP contribution in [-0.4, -0.2) is 35.0 Å². The van der Waals surface area contributed by atoms with Crippen LogP contribution in [0, 0.1) is 0 Å². The number of halogens is 3. The molecule has 1 aromatic carbocycles. The Morgan fingerprint density at radius 3 is 2.40 bits per heavy atom. The lowest BCUT2D eigenvalue weighted by molar-refractivity contribution is -0.143. The van der Waals surface area contributed by atoms with Gasteiger partial charge in [-0.05, 0) is 17.7 Å². The molecule has 6 nitrogen and oxygen atoms in total. The number of rotatable bonds is 5. The van der Waals surface area contributed by atoms with Crippen molar-refractivity contribution in [3.05, 3.63) is 59.7 Å². The van der Waals surface area contributed by atoms with Crippen LogP contribution in [0.5, 0.6) is 0 Å². The molecule has 0 aliphatic heterocycles. The maximum absolute atomic E-state index is 12.6. The maximum Gasteiger partial charge on any atom is 0.416 e. The van der Waals surface area contributed by atoms with Gasteiger partial charge in [-0.1, -0.05) is 12.1 Å². The van der Waals surface area contributed by atoms with Gasteiger partial charge in [0.2, 0.25) is 0 Å². The Kier molecular flexibility index (Phi) is 5.68. The van der Waals surface area contributed by atoms with Crippen molar-refractivity contribution in [2.75, 3.05) is 7.11 Å². The van der Waals surface area contributed by atoms with Crippen molar-refractivity contribution in [3.63, 3.8) is 0 Å². The Bertz CT molecular complexity index is 734. The Balaban J connectivity index is 2.13. The van der Waals surface area contributed by atoms with Crippen molar-refractivity contribution in [1.82, 2.24) is 15.3 Å². The Hall–Kier alpha value is -2.97. The van der Waals surface area contributed by atoms with Gasteiger partial charge >= 0.3 is 12.1 Å². The molecule has 1 heterocycles. The highest BCUT2D eigenvalue weighted by atomic mass is 19.4. The lowest BCUT2D eigenvalue weighted by atomic mass is 10.0. The first kappa shape index (κ1) is 18.4. The van der Waals surface area contributed by atoms with E-state index in [9.17, 15) is 22.8 Å². The fourth-order valence-corrected chi connectivity index (χ4v) is 2.05. The van der Waals surface area contributed by atoms with Gasteiger partial charge < -0.3 is 10.1 Å². The highest BCUT2D eigenvalue weighted by Crippen LogP contribution is 2.29. The fourth-order valence-electron chi connectivity index (χ4n) is 2.05. The molecule has 1 N–H and O–H groups in total. The number of ether oxygens (including phenoxy) is 1. The third-order valence-corrected chi connectivity index (χ3v) is 3.31. The van der Waals surface area contributed by atoms with E-state index in [1.165, 1.54) is 30.7 Å². The summed E-state index contributed by atoms with van der Waals surface area (Å²) in [5.74, 6) is -1.37. The molecule has 0 aliphatic carbocycles. The second kappa shape index (κ2) is 7.73. The van der Waals surface area contributed by atoms with Crippen molar-refractivity contribution in [1.29, 1.82) is 0 Å². The summed E-state index contributed by atoms with van der Waals surface area (Å²) in [4.78, 5) is 31.5. The highest BCUT2D eigenvalue weighted by molar-refractivity contribution is 5.94. The maximum atomic E-state index is 12.6. The quantitative estimate of drug-likeness (QED) is 0.832. The largest absolute Gasteiger partial charge is 0.467 e. The minimum atomic E-state index is -4.44. The van der Waals surface area contributed by atoms with Crippen LogP contribution in [0.15, 0.2) is 42.9 Å². The summed E-state index contributed by atoms with van der Waals surface area (Å²) in [5, 5.41) is 2.44. The highest BCUT2D eigenvalue weighted by Gasteiger charge is 2.30. The molecule has 0 aliphatic rings. The van der Waals surface area contributed by atoms with Crippen molar-refractivity contribution in [3.8, 4) is 0 Å². The van der Waals surface area contributed by atoms with Crippen molar-refractivity contribution in [2.24, 2.45) is 0 Å². The van der Waals surface area contributed by atoms with Gasteiger partial charge in [0.05, 0.1) is 18.9 Å². The predicted molar refractivity (Wildman–Crippen MR) is 80.5 cm³/mol. The summed E-state index contributed by atoms with van der Waals surface area (Å²) in [7, 11) is 1.15. The normalized spacial score (nSPS) is 12.3. The first-order valence-corrected chi connectivity index (χ1v) is 7.12. The smallest absolute Gasteiger partial charge is 0.416 e. The van der Waals surface area contributed by atoms with Crippen LogP contribution >= 0.6 is 0 Å². The summed E-state index contributed by atoms with van der Waals surface area (Å²) < 4.78 is 42.4. The average molecular weight is 353 g/mol. The van der Waals surface area contributed by atoms with E-state index in [2.05, 4.69) is 20.0 Å². The second-order valence-corrected chi connectivity index (χ2v) is 5.04. The van der Waals surface area contributed by atoms with E-state index in [1.807, 2.05) is 0 Å². The van der Waals surface area contributed by atoms with Crippen molar-refractivity contribution in [2.45, 2.75) is 18.6 Å². The number of aromatic nitrogens is 2. The first-order chi connectivity index (χ1) is 11.8. The molecular formula is C16H14F3N3O3. The Morgan fingerprint density at radius 1 is 1.20 bits per heavy atom. The van der Waals surface area contributed by atoms with Gasteiger partial charge in [0.1, 0.15) is 11.7 Å². The molecule has 1 amide bonds. The molecule has 0 saturated heterocycles. The van der Waals surface area contributed by atoms with Crippen LogP contribution in [0.3, 0.4) is 0 Å². The van der Waals surface area contributed by atoms with Crippen molar-refractivity contribution < 1.29 is 27.5 Å². The SMILES string of the molecule is COC(=O)[C@H](Cc1ccc(C(F)(F)F)cc1)NC(=O)c1cnccn1. The number of nitrogens with one attached hydrogen (secondary N) is 1. The number of hydrogen-bond acceptors (Lipinski definition) is 5. The second-order valence-electron chi connectivity index (χ2n) is 5.04. The molecule has 0 saturated carbocycles. The van der Waals surface area contributed by atoms with E-state index in [1.54, 1.807) is 0 Å². The predicted octanol–water partition coefficient (Wildman–Crippen LogP) is 2.01.